The molecule has 2 amide bonds. The molecule has 2 aromatic rings. The average Bonchev–Trinajstić information content (AvgIpc) is 2.61. The molecule has 0 aliphatic heterocycles. The zero-order chi connectivity index (χ0) is 18.2. The Kier molecular flexibility index (Phi) is 7.29. The Bertz CT molecular complexity index is 763. The minimum Gasteiger partial charge on any atom is -0.347 e. The van der Waals surface area contributed by atoms with Gasteiger partial charge in [0, 0.05) is 12.1 Å². The number of benzene rings is 2. The Morgan fingerprint density at radius 1 is 0.960 bits per heavy atom. The molecule has 6 heteroatoms. The molecule has 0 unspecified atom stereocenters. The minimum atomic E-state index is -0.255. The molecule has 0 spiro atoms. The quantitative estimate of drug-likeness (QED) is 0.756. The van der Waals surface area contributed by atoms with Crippen LogP contribution >= 0.6 is 23.2 Å². The zero-order valence-corrected chi connectivity index (χ0v) is 15.5. The maximum absolute atomic E-state index is 12.0. The van der Waals surface area contributed by atoms with E-state index in [4.69, 9.17) is 23.2 Å². The molecule has 0 atom stereocenters. The van der Waals surface area contributed by atoms with Crippen molar-refractivity contribution < 1.29 is 9.59 Å². The van der Waals surface area contributed by atoms with E-state index in [0.29, 0.717) is 16.5 Å². The van der Waals surface area contributed by atoms with Gasteiger partial charge in [-0.05, 0) is 36.1 Å². The maximum atomic E-state index is 12.0. The smallest absolute Gasteiger partial charge is 0.243 e. The second kappa shape index (κ2) is 9.44. The Hall–Kier alpha value is -2.04. The van der Waals surface area contributed by atoms with Crippen molar-refractivity contribution in [1.29, 1.82) is 0 Å². The highest BCUT2D eigenvalue weighted by molar-refractivity contribution is 6.42. The van der Waals surface area contributed by atoms with Crippen molar-refractivity contribution in [2.24, 2.45) is 0 Å². The molecule has 132 valence electrons. The van der Waals surface area contributed by atoms with Crippen LogP contribution in [0.4, 0.5) is 5.69 Å². The molecule has 2 rings (SSSR count). The summed E-state index contributed by atoms with van der Waals surface area (Å²) in [5, 5.41) is 6.36. The number of amides is 2. The SMILES string of the molecule is CCc1ccccc1NC(=O)CNC(=O)CCc1cccc(Cl)c1Cl. The van der Waals surface area contributed by atoms with Crippen LogP contribution in [0.1, 0.15) is 24.5 Å². The van der Waals surface area contributed by atoms with Gasteiger partial charge in [0.05, 0.1) is 16.6 Å². The highest BCUT2D eigenvalue weighted by Crippen LogP contribution is 2.26. The summed E-state index contributed by atoms with van der Waals surface area (Å²) in [5.74, 6) is -0.468. The number of hydrogen-bond donors (Lipinski definition) is 2. The summed E-state index contributed by atoms with van der Waals surface area (Å²) in [5.41, 5.74) is 2.64. The summed E-state index contributed by atoms with van der Waals surface area (Å²) in [6, 6.07) is 12.9. The van der Waals surface area contributed by atoms with Crippen molar-refractivity contribution in [3.05, 3.63) is 63.6 Å². The monoisotopic (exact) mass is 378 g/mol. The lowest BCUT2D eigenvalue weighted by Gasteiger charge is -2.10. The first-order chi connectivity index (χ1) is 12.0. The number of hydrogen-bond acceptors (Lipinski definition) is 2. The molecule has 0 aliphatic rings. The number of para-hydroxylation sites is 1. The van der Waals surface area contributed by atoms with Crippen LogP contribution in [0.5, 0.6) is 0 Å². The number of carbonyl (C=O) groups is 2. The predicted octanol–water partition coefficient (Wildman–Crippen LogP) is 4.24. The summed E-state index contributed by atoms with van der Waals surface area (Å²) in [4.78, 5) is 23.9. The Labute approximate surface area is 157 Å². The molecule has 0 radical (unpaired) electrons. The highest BCUT2D eigenvalue weighted by Gasteiger charge is 2.10. The predicted molar refractivity (Wildman–Crippen MR) is 102 cm³/mol. The first-order valence-corrected chi connectivity index (χ1v) is 8.84. The van der Waals surface area contributed by atoms with E-state index in [0.717, 1.165) is 23.2 Å². The molecular weight excluding hydrogens is 359 g/mol. The van der Waals surface area contributed by atoms with Crippen molar-refractivity contribution in [1.82, 2.24) is 5.32 Å². The number of rotatable bonds is 7. The molecular formula is C19H20Cl2N2O2. The van der Waals surface area contributed by atoms with Crippen LogP contribution in [-0.2, 0) is 22.4 Å². The van der Waals surface area contributed by atoms with Crippen LogP contribution in [0.2, 0.25) is 10.0 Å². The molecule has 2 N–H and O–H groups in total. The van der Waals surface area contributed by atoms with Gasteiger partial charge in [0.1, 0.15) is 0 Å². The summed E-state index contributed by atoms with van der Waals surface area (Å²) >= 11 is 12.0. The molecule has 0 saturated heterocycles. The van der Waals surface area contributed by atoms with Crippen molar-refractivity contribution in [2.45, 2.75) is 26.2 Å². The van der Waals surface area contributed by atoms with Crippen LogP contribution in [0.15, 0.2) is 42.5 Å². The lowest BCUT2D eigenvalue weighted by molar-refractivity contribution is -0.124. The lowest BCUT2D eigenvalue weighted by Crippen LogP contribution is -2.33. The van der Waals surface area contributed by atoms with Gasteiger partial charge in [-0.2, -0.15) is 0 Å². The van der Waals surface area contributed by atoms with Gasteiger partial charge < -0.3 is 10.6 Å². The third kappa shape index (κ3) is 5.76. The lowest BCUT2D eigenvalue weighted by atomic mass is 10.1. The minimum absolute atomic E-state index is 0.0693. The van der Waals surface area contributed by atoms with Crippen molar-refractivity contribution in [3.63, 3.8) is 0 Å². The van der Waals surface area contributed by atoms with E-state index in [1.54, 1.807) is 12.1 Å². The largest absolute Gasteiger partial charge is 0.347 e. The fourth-order valence-corrected chi connectivity index (χ4v) is 2.82. The zero-order valence-electron chi connectivity index (χ0n) is 13.9. The molecule has 0 bridgehead atoms. The maximum Gasteiger partial charge on any atom is 0.243 e. The molecule has 2 aromatic carbocycles. The van der Waals surface area contributed by atoms with Gasteiger partial charge >= 0.3 is 0 Å². The fourth-order valence-electron chi connectivity index (χ4n) is 2.40. The molecule has 0 saturated carbocycles. The Morgan fingerprint density at radius 3 is 2.44 bits per heavy atom. The first-order valence-electron chi connectivity index (χ1n) is 8.08. The first kappa shape index (κ1) is 19.3. The molecule has 4 nitrogen and oxygen atoms in total. The summed E-state index contributed by atoms with van der Waals surface area (Å²) in [7, 11) is 0. The van der Waals surface area contributed by atoms with E-state index in [1.807, 2.05) is 37.3 Å². The number of carbonyl (C=O) groups excluding carboxylic acids is 2. The number of anilines is 1. The topological polar surface area (TPSA) is 58.2 Å². The van der Waals surface area contributed by atoms with Crippen LogP contribution in [-0.4, -0.2) is 18.4 Å². The van der Waals surface area contributed by atoms with Crippen molar-refractivity contribution in [2.75, 3.05) is 11.9 Å². The van der Waals surface area contributed by atoms with Gasteiger partial charge in [-0.3, -0.25) is 9.59 Å². The third-order valence-corrected chi connectivity index (χ3v) is 4.63. The number of halogens is 2. The van der Waals surface area contributed by atoms with E-state index < -0.39 is 0 Å². The molecule has 25 heavy (non-hydrogen) atoms. The van der Waals surface area contributed by atoms with Gasteiger partial charge in [0.2, 0.25) is 11.8 Å². The van der Waals surface area contributed by atoms with Crippen LogP contribution in [0.25, 0.3) is 0 Å². The van der Waals surface area contributed by atoms with Crippen molar-refractivity contribution >= 4 is 40.7 Å². The number of nitrogens with one attached hydrogen (secondary N) is 2. The van der Waals surface area contributed by atoms with Crippen LogP contribution < -0.4 is 10.6 Å². The average molecular weight is 379 g/mol. The number of aryl methyl sites for hydroxylation is 2. The van der Waals surface area contributed by atoms with Gasteiger partial charge in [-0.25, -0.2) is 0 Å². The van der Waals surface area contributed by atoms with Crippen LogP contribution in [0, 0.1) is 0 Å². The Balaban J connectivity index is 1.79. The third-order valence-electron chi connectivity index (χ3n) is 3.77. The normalized spacial score (nSPS) is 10.4. The van der Waals surface area contributed by atoms with Gasteiger partial charge in [0.25, 0.3) is 0 Å². The van der Waals surface area contributed by atoms with Gasteiger partial charge in [-0.15, -0.1) is 0 Å². The second-order valence-corrected chi connectivity index (χ2v) is 6.33. The molecule has 0 fully saturated rings. The Morgan fingerprint density at radius 2 is 1.68 bits per heavy atom. The summed E-state index contributed by atoms with van der Waals surface area (Å²) in [6.45, 7) is 1.95. The van der Waals surface area contributed by atoms with Gasteiger partial charge in [0.15, 0.2) is 0 Å². The van der Waals surface area contributed by atoms with E-state index in [2.05, 4.69) is 10.6 Å². The van der Waals surface area contributed by atoms with E-state index in [1.165, 1.54) is 0 Å². The highest BCUT2D eigenvalue weighted by atomic mass is 35.5. The van der Waals surface area contributed by atoms with Crippen LogP contribution in [0.3, 0.4) is 0 Å². The molecule has 0 heterocycles. The van der Waals surface area contributed by atoms with E-state index in [9.17, 15) is 9.59 Å². The van der Waals surface area contributed by atoms with E-state index >= 15 is 0 Å². The standard InChI is InChI=1S/C19H20Cl2N2O2/c1-2-13-6-3-4-9-16(13)23-18(25)12-22-17(24)11-10-14-7-5-8-15(20)19(14)21/h3-9H,2,10-12H2,1H3,(H,22,24)(H,23,25). The summed E-state index contributed by atoms with van der Waals surface area (Å²) in [6.07, 6.45) is 1.52. The van der Waals surface area contributed by atoms with Gasteiger partial charge in [-0.1, -0.05) is 60.5 Å². The molecule has 0 aromatic heterocycles. The second-order valence-electron chi connectivity index (χ2n) is 5.55. The van der Waals surface area contributed by atoms with Crippen molar-refractivity contribution in [3.8, 4) is 0 Å². The van der Waals surface area contributed by atoms with E-state index in [-0.39, 0.29) is 24.8 Å². The summed E-state index contributed by atoms with van der Waals surface area (Å²) < 4.78 is 0. The fraction of sp³-hybridized carbons (Fsp3) is 0.263. The molecule has 0 aliphatic carbocycles.